The normalized spacial score (nSPS) is 10.7. The highest BCUT2D eigenvalue weighted by atomic mass is 19.3. The van der Waals surface area contributed by atoms with Crippen molar-refractivity contribution in [2.24, 2.45) is 0 Å². The zero-order valence-electron chi connectivity index (χ0n) is 19.4. The smallest absolute Gasteiger partial charge is 0.387 e. The summed E-state index contributed by atoms with van der Waals surface area (Å²) < 4.78 is 35.6. The van der Waals surface area contributed by atoms with Crippen molar-refractivity contribution in [2.75, 3.05) is 17.7 Å². The Labute approximate surface area is 201 Å². The molecule has 0 fully saturated rings. The minimum atomic E-state index is -2.93. The Bertz CT molecular complexity index is 1120. The molecule has 0 unspecified atom stereocenters. The predicted octanol–water partition coefficient (Wildman–Crippen LogP) is 4.87. The first-order valence-electron chi connectivity index (χ1n) is 11.0. The molecule has 9 nitrogen and oxygen atoms in total. The van der Waals surface area contributed by atoms with Crippen LogP contribution in [0.2, 0.25) is 0 Å². The number of aromatic nitrogens is 2. The molecule has 0 bridgehead atoms. The van der Waals surface area contributed by atoms with Gasteiger partial charge in [-0.15, -0.1) is 0 Å². The third kappa shape index (κ3) is 7.70. The number of carbonyl (C=O) groups is 2. The summed E-state index contributed by atoms with van der Waals surface area (Å²) in [5, 5.41) is 8.00. The van der Waals surface area contributed by atoms with Crippen LogP contribution in [0.3, 0.4) is 0 Å². The highest BCUT2D eigenvalue weighted by Gasteiger charge is 2.17. The number of rotatable bonds is 11. The van der Waals surface area contributed by atoms with Gasteiger partial charge in [0.25, 0.3) is 5.91 Å². The fraction of sp³-hybridized carbons (Fsp3) is 0.292. The van der Waals surface area contributed by atoms with E-state index in [1.165, 1.54) is 24.3 Å². The lowest BCUT2D eigenvalue weighted by Gasteiger charge is -2.08. The third-order valence-corrected chi connectivity index (χ3v) is 4.92. The Balaban J connectivity index is 1.63. The molecule has 3 rings (SSSR count). The van der Waals surface area contributed by atoms with Gasteiger partial charge in [0.2, 0.25) is 5.82 Å². The van der Waals surface area contributed by atoms with Crippen molar-refractivity contribution in [1.29, 1.82) is 0 Å². The summed E-state index contributed by atoms with van der Waals surface area (Å²) in [4.78, 5) is 29.5. The molecule has 0 aliphatic rings. The summed E-state index contributed by atoms with van der Waals surface area (Å²) in [6.45, 7) is -0.0331. The lowest BCUT2D eigenvalue weighted by atomic mass is 10.2. The molecular weight excluding hydrogens is 460 g/mol. The molecule has 35 heavy (non-hydrogen) atoms. The molecule has 3 N–H and O–H groups in total. The number of halogens is 2. The summed E-state index contributed by atoms with van der Waals surface area (Å²) in [6, 6.07) is 12.2. The Hall–Kier alpha value is -4.15. The molecular formula is C24H27F2N5O4. The maximum absolute atomic E-state index is 12.8. The summed E-state index contributed by atoms with van der Waals surface area (Å²) >= 11 is 0. The Morgan fingerprint density at radius 2 is 1.71 bits per heavy atom. The van der Waals surface area contributed by atoms with Crippen molar-refractivity contribution in [3.8, 4) is 11.5 Å². The molecule has 3 amide bonds. The monoisotopic (exact) mass is 487 g/mol. The number of nitrogens with one attached hydrogen (secondary N) is 3. The highest BCUT2D eigenvalue weighted by Crippen LogP contribution is 2.18. The number of benzene rings is 2. The number of carbonyl (C=O) groups excluding carboxylic acids is 2. The van der Waals surface area contributed by atoms with Gasteiger partial charge in [-0.3, -0.25) is 10.1 Å². The molecule has 0 radical (unpaired) electrons. The first kappa shape index (κ1) is 25.5. The van der Waals surface area contributed by atoms with E-state index in [9.17, 15) is 18.4 Å². The molecule has 1 aromatic heterocycles. The standard InChI is InChI=1S/C24H27F2N5O4/c1-3-4-13-31-15-20(30-24(33)28-17-7-11-19(12-8-17)35-23(25)26)29-21(31)22(32)27-14-16-5-9-18(34-2)10-6-16/h5-12,15,23H,3-4,13-14H2,1-2H3,(H,27,32)(H2,28,30,33). The van der Waals surface area contributed by atoms with E-state index in [1.54, 1.807) is 17.9 Å². The zero-order valence-corrected chi connectivity index (χ0v) is 19.4. The SMILES string of the molecule is CCCCn1cc(NC(=O)Nc2ccc(OC(F)F)cc2)nc1C(=O)NCc1ccc(OC)cc1. The van der Waals surface area contributed by atoms with Crippen LogP contribution in [0.5, 0.6) is 11.5 Å². The quantitative estimate of drug-likeness (QED) is 0.358. The number of ether oxygens (including phenoxy) is 2. The number of aryl methyl sites for hydroxylation is 1. The first-order chi connectivity index (χ1) is 16.9. The van der Waals surface area contributed by atoms with Gasteiger partial charge in [0.15, 0.2) is 5.82 Å². The molecule has 11 heteroatoms. The van der Waals surface area contributed by atoms with Crippen LogP contribution in [-0.4, -0.2) is 35.2 Å². The van der Waals surface area contributed by atoms with E-state index in [0.29, 0.717) is 18.8 Å². The van der Waals surface area contributed by atoms with E-state index < -0.39 is 12.6 Å². The van der Waals surface area contributed by atoms with Crippen LogP contribution in [0, 0.1) is 0 Å². The lowest BCUT2D eigenvalue weighted by molar-refractivity contribution is -0.0498. The van der Waals surface area contributed by atoms with Crippen LogP contribution in [0.4, 0.5) is 25.1 Å². The fourth-order valence-electron chi connectivity index (χ4n) is 3.16. The number of unbranched alkanes of at least 4 members (excludes halogenated alkanes) is 1. The molecule has 2 aromatic carbocycles. The maximum atomic E-state index is 12.8. The second kappa shape index (κ2) is 12.4. The van der Waals surface area contributed by atoms with Gasteiger partial charge in [0.05, 0.1) is 7.11 Å². The average Bonchev–Trinajstić information content (AvgIpc) is 3.24. The molecule has 3 aromatic rings. The highest BCUT2D eigenvalue weighted by molar-refractivity contribution is 5.99. The summed E-state index contributed by atoms with van der Waals surface area (Å²) in [5.74, 6) is 0.703. The number of nitrogens with zero attached hydrogens (tertiary/aromatic N) is 2. The van der Waals surface area contributed by atoms with E-state index in [1.807, 2.05) is 31.2 Å². The number of alkyl halides is 2. The van der Waals surface area contributed by atoms with Crippen molar-refractivity contribution in [1.82, 2.24) is 14.9 Å². The molecule has 0 atom stereocenters. The Morgan fingerprint density at radius 1 is 1.03 bits per heavy atom. The topological polar surface area (TPSA) is 107 Å². The Morgan fingerprint density at radius 3 is 2.34 bits per heavy atom. The number of anilines is 2. The predicted molar refractivity (Wildman–Crippen MR) is 127 cm³/mol. The molecule has 186 valence electrons. The number of amides is 3. The fourth-order valence-corrected chi connectivity index (χ4v) is 3.16. The van der Waals surface area contributed by atoms with Gasteiger partial charge in [-0.2, -0.15) is 8.78 Å². The van der Waals surface area contributed by atoms with Gasteiger partial charge >= 0.3 is 12.6 Å². The summed E-state index contributed by atoms with van der Waals surface area (Å²) in [7, 11) is 1.58. The molecule has 0 aliphatic carbocycles. The number of hydrogen-bond donors (Lipinski definition) is 3. The van der Waals surface area contributed by atoms with Gasteiger partial charge in [-0.1, -0.05) is 25.5 Å². The van der Waals surface area contributed by atoms with E-state index in [-0.39, 0.29) is 23.3 Å². The summed E-state index contributed by atoms with van der Waals surface area (Å²) in [6.07, 6.45) is 3.34. The van der Waals surface area contributed by atoms with Crippen molar-refractivity contribution >= 4 is 23.4 Å². The zero-order chi connectivity index (χ0) is 25.2. The molecule has 0 spiro atoms. The second-order valence-electron chi connectivity index (χ2n) is 7.51. The van der Waals surface area contributed by atoms with Crippen LogP contribution < -0.4 is 25.4 Å². The first-order valence-corrected chi connectivity index (χ1v) is 11.0. The van der Waals surface area contributed by atoms with Crippen LogP contribution in [0.25, 0.3) is 0 Å². The summed E-state index contributed by atoms with van der Waals surface area (Å²) in [5.41, 5.74) is 1.26. The minimum Gasteiger partial charge on any atom is -0.497 e. The molecule has 0 saturated heterocycles. The van der Waals surface area contributed by atoms with Crippen LogP contribution in [0.15, 0.2) is 54.7 Å². The van der Waals surface area contributed by atoms with Gasteiger partial charge in [0, 0.05) is 25.0 Å². The van der Waals surface area contributed by atoms with Crippen molar-refractivity contribution in [2.45, 2.75) is 39.5 Å². The van der Waals surface area contributed by atoms with Gasteiger partial charge in [-0.25, -0.2) is 9.78 Å². The van der Waals surface area contributed by atoms with Crippen molar-refractivity contribution in [3.05, 3.63) is 66.1 Å². The second-order valence-corrected chi connectivity index (χ2v) is 7.51. The maximum Gasteiger partial charge on any atom is 0.387 e. The van der Waals surface area contributed by atoms with Gasteiger partial charge < -0.3 is 24.7 Å². The number of methoxy groups -OCH3 is 1. The largest absolute Gasteiger partial charge is 0.497 e. The van der Waals surface area contributed by atoms with E-state index >= 15 is 0 Å². The molecule has 1 heterocycles. The van der Waals surface area contributed by atoms with Gasteiger partial charge in [-0.05, 0) is 48.4 Å². The number of urea groups is 1. The number of hydrogen-bond acceptors (Lipinski definition) is 5. The van der Waals surface area contributed by atoms with Crippen molar-refractivity contribution in [3.63, 3.8) is 0 Å². The molecule has 0 saturated carbocycles. The van der Waals surface area contributed by atoms with E-state index in [2.05, 4.69) is 25.7 Å². The van der Waals surface area contributed by atoms with Crippen LogP contribution in [-0.2, 0) is 13.1 Å². The van der Waals surface area contributed by atoms with E-state index in [4.69, 9.17) is 4.74 Å². The third-order valence-electron chi connectivity index (χ3n) is 4.92. The lowest BCUT2D eigenvalue weighted by Crippen LogP contribution is -2.26. The minimum absolute atomic E-state index is 0.0223. The molecule has 0 aliphatic heterocycles. The Kier molecular flexibility index (Phi) is 8.99. The van der Waals surface area contributed by atoms with Crippen LogP contribution in [0.1, 0.15) is 35.9 Å². The average molecular weight is 488 g/mol. The van der Waals surface area contributed by atoms with E-state index in [0.717, 1.165) is 24.2 Å². The van der Waals surface area contributed by atoms with Gasteiger partial charge in [0.1, 0.15) is 11.5 Å². The number of imidazole rings is 1. The van der Waals surface area contributed by atoms with Crippen LogP contribution >= 0.6 is 0 Å². The van der Waals surface area contributed by atoms with Crippen molar-refractivity contribution < 1.29 is 27.8 Å².